The molecule has 3 heteroatoms. The van der Waals surface area contributed by atoms with E-state index in [1.807, 2.05) is 13.0 Å². The van der Waals surface area contributed by atoms with Crippen LogP contribution in [0, 0.1) is 0 Å². The van der Waals surface area contributed by atoms with Crippen LogP contribution >= 0.6 is 0 Å². The lowest BCUT2D eigenvalue weighted by Crippen LogP contribution is -2.55. The van der Waals surface area contributed by atoms with Gasteiger partial charge in [0.05, 0.1) is 11.6 Å². The summed E-state index contributed by atoms with van der Waals surface area (Å²) < 4.78 is 6.01. The molecule has 1 rings (SSSR count). The van der Waals surface area contributed by atoms with E-state index in [0.717, 1.165) is 19.3 Å². The minimum absolute atomic E-state index is 0.134. The summed E-state index contributed by atoms with van der Waals surface area (Å²) in [6, 6.07) is 10.5. The van der Waals surface area contributed by atoms with Crippen LogP contribution in [0.3, 0.4) is 0 Å². The summed E-state index contributed by atoms with van der Waals surface area (Å²) in [6.45, 7) is 7.08. The van der Waals surface area contributed by atoms with Crippen molar-refractivity contribution in [2.45, 2.75) is 51.7 Å². The van der Waals surface area contributed by atoms with Gasteiger partial charge in [0.25, 0.3) is 0 Å². The van der Waals surface area contributed by atoms with Gasteiger partial charge in [0.15, 0.2) is 0 Å². The van der Waals surface area contributed by atoms with E-state index < -0.39 is 0 Å². The predicted molar refractivity (Wildman–Crippen MR) is 76.2 cm³/mol. The molecule has 0 radical (unpaired) electrons. The van der Waals surface area contributed by atoms with Crippen molar-refractivity contribution in [3.05, 3.63) is 35.9 Å². The van der Waals surface area contributed by atoms with E-state index in [1.54, 1.807) is 0 Å². The average Bonchev–Trinajstić information content (AvgIpc) is 2.44. The summed E-state index contributed by atoms with van der Waals surface area (Å²) in [5.41, 5.74) is 4.06. The topological polar surface area (TPSA) is 47.3 Å². The second-order valence-corrected chi connectivity index (χ2v) is 4.61. The molecule has 0 saturated carbocycles. The van der Waals surface area contributed by atoms with E-state index in [-0.39, 0.29) is 11.6 Å². The van der Waals surface area contributed by atoms with Crippen LogP contribution in [0.2, 0.25) is 0 Å². The summed E-state index contributed by atoms with van der Waals surface area (Å²) in [4.78, 5) is 0. The Kier molecular flexibility index (Phi) is 6.33. The number of rotatable bonds is 8. The monoisotopic (exact) mass is 250 g/mol. The molecule has 0 heterocycles. The molecular weight excluding hydrogens is 224 g/mol. The fourth-order valence-corrected chi connectivity index (χ4v) is 2.58. The smallest absolute Gasteiger partial charge is 0.0846 e. The molecule has 0 aliphatic rings. The zero-order chi connectivity index (χ0) is 13.4. The molecular formula is C15H26N2O. The lowest BCUT2D eigenvalue weighted by atomic mass is 9.84. The number of hydrogen-bond acceptors (Lipinski definition) is 3. The SMILES string of the molecule is CCOC(CC)(CC)C(Cc1ccccc1)NN. The van der Waals surface area contributed by atoms with Crippen LogP contribution in [-0.2, 0) is 11.2 Å². The summed E-state index contributed by atoms with van der Waals surface area (Å²) in [5, 5.41) is 0. The van der Waals surface area contributed by atoms with Gasteiger partial charge < -0.3 is 4.74 Å². The van der Waals surface area contributed by atoms with Gasteiger partial charge in [-0.2, -0.15) is 0 Å². The quantitative estimate of drug-likeness (QED) is 0.551. The highest BCUT2D eigenvalue weighted by atomic mass is 16.5. The van der Waals surface area contributed by atoms with Gasteiger partial charge in [-0.25, -0.2) is 0 Å². The molecule has 0 aliphatic carbocycles. The molecule has 0 spiro atoms. The van der Waals surface area contributed by atoms with Crippen LogP contribution in [0.1, 0.15) is 39.2 Å². The highest BCUT2D eigenvalue weighted by Crippen LogP contribution is 2.27. The summed E-state index contributed by atoms with van der Waals surface area (Å²) in [6.07, 6.45) is 2.80. The number of hydrazine groups is 1. The number of nitrogens with one attached hydrogen (secondary N) is 1. The molecule has 0 amide bonds. The fourth-order valence-electron chi connectivity index (χ4n) is 2.58. The van der Waals surface area contributed by atoms with E-state index in [1.165, 1.54) is 5.56 Å². The van der Waals surface area contributed by atoms with Gasteiger partial charge in [0.1, 0.15) is 0 Å². The molecule has 0 aliphatic heterocycles. The van der Waals surface area contributed by atoms with E-state index in [9.17, 15) is 0 Å². The van der Waals surface area contributed by atoms with Crippen molar-refractivity contribution in [1.82, 2.24) is 5.43 Å². The lowest BCUT2D eigenvalue weighted by Gasteiger charge is -2.39. The van der Waals surface area contributed by atoms with Gasteiger partial charge in [0.2, 0.25) is 0 Å². The molecule has 0 aromatic heterocycles. The molecule has 1 aromatic rings. The Morgan fingerprint density at radius 2 is 1.78 bits per heavy atom. The molecule has 1 unspecified atom stereocenters. The second-order valence-electron chi connectivity index (χ2n) is 4.61. The number of ether oxygens (including phenoxy) is 1. The van der Waals surface area contributed by atoms with Gasteiger partial charge in [-0.15, -0.1) is 0 Å². The Labute approximate surface area is 111 Å². The maximum absolute atomic E-state index is 6.01. The molecule has 0 bridgehead atoms. The van der Waals surface area contributed by atoms with Crippen molar-refractivity contribution in [2.75, 3.05) is 6.61 Å². The minimum atomic E-state index is -0.181. The Balaban J connectivity index is 2.85. The van der Waals surface area contributed by atoms with Crippen molar-refractivity contribution < 1.29 is 4.74 Å². The molecule has 18 heavy (non-hydrogen) atoms. The van der Waals surface area contributed by atoms with Crippen molar-refractivity contribution in [1.29, 1.82) is 0 Å². The largest absolute Gasteiger partial charge is 0.374 e. The highest BCUT2D eigenvalue weighted by Gasteiger charge is 2.35. The Morgan fingerprint density at radius 1 is 1.17 bits per heavy atom. The van der Waals surface area contributed by atoms with Crippen LogP contribution in [0.4, 0.5) is 0 Å². The second kappa shape index (κ2) is 7.52. The number of hydrogen-bond donors (Lipinski definition) is 2. The zero-order valence-electron chi connectivity index (χ0n) is 11.8. The first-order chi connectivity index (χ1) is 8.72. The molecule has 1 atom stereocenters. The molecule has 3 N–H and O–H groups in total. The Bertz CT molecular complexity index is 323. The van der Waals surface area contributed by atoms with E-state index in [0.29, 0.717) is 6.61 Å². The van der Waals surface area contributed by atoms with Crippen LogP contribution in [0.25, 0.3) is 0 Å². The van der Waals surface area contributed by atoms with Crippen molar-refractivity contribution >= 4 is 0 Å². The first-order valence-electron chi connectivity index (χ1n) is 6.86. The standard InChI is InChI=1S/C15H26N2O/c1-4-15(5-2,18-6-3)14(17-16)12-13-10-8-7-9-11-13/h7-11,14,17H,4-6,12,16H2,1-3H3. The van der Waals surface area contributed by atoms with Crippen LogP contribution < -0.4 is 11.3 Å². The van der Waals surface area contributed by atoms with Crippen LogP contribution in [0.15, 0.2) is 30.3 Å². The maximum atomic E-state index is 6.01. The molecule has 1 aromatic carbocycles. The summed E-state index contributed by atoms with van der Waals surface area (Å²) in [5.74, 6) is 5.76. The lowest BCUT2D eigenvalue weighted by molar-refractivity contribution is -0.0719. The molecule has 0 fully saturated rings. The molecule has 0 saturated heterocycles. The van der Waals surface area contributed by atoms with E-state index >= 15 is 0 Å². The predicted octanol–water partition coefficient (Wildman–Crippen LogP) is 2.66. The number of nitrogens with two attached hydrogens (primary N) is 1. The van der Waals surface area contributed by atoms with Gasteiger partial charge in [0, 0.05) is 6.61 Å². The van der Waals surface area contributed by atoms with Crippen molar-refractivity contribution in [3.63, 3.8) is 0 Å². The van der Waals surface area contributed by atoms with Crippen LogP contribution in [-0.4, -0.2) is 18.2 Å². The highest BCUT2D eigenvalue weighted by molar-refractivity contribution is 5.17. The third-order valence-corrected chi connectivity index (χ3v) is 3.75. The van der Waals surface area contributed by atoms with Gasteiger partial charge in [-0.3, -0.25) is 11.3 Å². The normalized spacial score (nSPS) is 13.6. The van der Waals surface area contributed by atoms with Crippen LogP contribution in [0.5, 0.6) is 0 Å². The average molecular weight is 250 g/mol. The summed E-state index contributed by atoms with van der Waals surface area (Å²) in [7, 11) is 0. The van der Waals surface area contributed by atoms with E-state index in [2.05, 4.69) is 43.5 Å². The number of benzene rings is 1. The van der Waals surface area contributed by atoms with Crippen molar-refractivity contribution in [3.8, 4) is 0 Å². The molecule has 102 valence electrons. The third kappa shape index (κ3) is 3.55. The molecule has 3 nitrogen and oxygen atoms in total. The Morgan fingerprint density at radius 3 is 2.22 bits per heavy atom. The fraction of sp³-hybridized carbons (Fsp3) is 0.600. The first kappa shape index (κ1) is 15.2. The minimum Gasteiger partial charge on any atom is -0.374 e. The Hall–Kier alpha value is -0.900. The van der Waals surface area contributed by atoms with Gasteiger partial charge in [-0.05, 0) is 31.7 Å². The maximum Gasteiger partial charge on any atom is 0.0846 e. The van der Waals surface area contributed by atoms with Crippen molar-refractivity contribution in [2.24, 2.45) is 5.84 Å². The summed E-state index contributed by atoms with van der Waals surface area (Å²) >= 11 is 0. The van der Waals surface area contributed by atoms with Gasteiger partial charge >= 0.3 is 0 Å². The van der Waals surface area contributed by atoms with Gasteiger partial charge in [-0.1, -0.05) is 44.2 Å². The third-order valence-electron chi connectivity index (χ3n) is 3.75. The van der Waals surface area contributed by atoms with E-state index in [4.69, 9.17) is 10.6 Å². The first-order valence-corrected chi connectivity index (χ1v) is 6.86. The zero-order valence-corrected chi connectivity index (χ0v) is 11.8.